The summed E-state index contributed by atoms with van der Waals surface area (Å²) in [5, 5.41) is 11.2. The largest absolute Gasteiger partial charge is 0.385 e. The molecule has 1 aliphatic rings. The first-order valence-corrected chi connectivity index (χ1v) is 7.14. The van der Waals surface area contributed by atoms with Gasteiger partial charge < -0.3 is 14.8 Å². The molecule has 1 amide bonds. The summed E-state index contributed by atoms with van der Waals surface area (Å²) in [4.78, 5) is 18.5. The summed E-state index contributed by atoms with van der Waals surface area (Å²) in [6.07, 6.45) is 4.40. The molecular formula is C14H18N6O. The third-order valence-electron chi connectivity index (χ3n) is 3.48. The van der Waals surface area contributed by atoms with Crippen LogP contribution < -0.4 is 5.32 Å². The average molecular weight is 286 g/mol. The van der Waals surface area contributed by atoms with Gasteiger partial charge in [-0.15, -0.1) is 10.2 Å². The Labute approximate surface area is 123 Å². The highest BCUT2D eigenvalue weighted by atomic mass is 16.2. The van der Waals surface area contributed by atoms with Gasteiger partial charge in [-0.2, -0.15) is 0 Å². The zero-order valence-electron chi connectivity index (χ0n) is 12.0. The Morgan fingerprint density at radius 2 is 2.33 bits per heavy atom. The second-order valence-corrected chi connectivity index (χ2v) is 5.02. The van der Waals surface area contributed by atoms with Gasteiger partial charge in [-0.1, -0.05) is 6.92 Å². The van der Waals surface area contributed by atoms with E-state index in [2.05, 4.69) is 27.4 Å². The standard InChI is InChI=1S/C14H18N6O/c1-2-4-15-11-3-5-16-12(8-11)14(21)19-6-7-20-10-17-18-13(20)9-19/h3,5,8,10H,2,4,6-7,9H2,1H3,(H,15,16). The molecule has 7 nitrogen and oxygen atoms in total. The zero-order valence-corrected chi connectivity index (χ0v) is 12.0. The van der Waals surface area contributed by atoms with Crippen molar-refractivity contribution in [3.63, 3.8) is 0 Å². The van der Waals surface area contributed by atoms with Crippen LogP contribution in [-0.2, 0) is 13.1 Å². The number of carbonyl (C=O) groups is 1. The van der Waals surface area contributed by atoms with Gasteiger partial charge in [-0.25, -0.2) is 0 Å². The molecule has 0 fully saturated rings. The van der Waals surface area contributed by atoms with Gasteiger partial charge in [0.1, 0.15) is 12.0 Å². The van der Waals surface area contributed by atoms with Crippen molar-refractivity contribution in [2.24, 2.45) is 0 Å². The van der Waals surface area contributed by atoms with E-state index in [0.29, 0.717) is 18.8 Å². The Hall–Kier alpha value is -2.44. The summed E-state index contributed by atoms with van der Waals surface area (Å²) in [6.45, 7) is 4.84. The summed E-state index contributed by atoms with van der Waals surface area (Å²) in [5.74, 6) is 0.749. The van der Waals surface area contributed by atoms with Crippen molar-refractivity contribution in [2.45, 2.75) is 26.4 Å². The smallest absolute Gasteiger partial charge is 0.272 e. The average Bonchev–Trinajstić information content (AvgIpc) is 3.00. The molecular weight excluding hydrogens is 268 g/mol. The maximum absolute atomic E-state index is 12.5. The number of nitrogens with one attached hydrogen (secondary N) is 1. The molecule has 0 unspecified atom stereocenters. The third-order valence-corrected chi connectivity index (χ3v) is 3.48. The van der Waals surface area contributed by atoms with Crippen LogP contribution in [-0.4, -0.2) is 43.6 Å². The van der Waals surface area contributed by atoms with E-state index in [0.717, 1.165) is 31.0 Å². The molecule has 0 saturated heterocycles. The molecule has 0 atom stereocenters. The summed E-state index contributed by atoms with van der Waals surface area (Å²) in [5.41, 5.74) is 1.39. The number of hydrogen-bond donors (Lipinski definition) is 1. The molecule has 0 saturated carbocycles. The number of aromatic nitrogens is 4. The van der Waals surface area contributed by atoms with Crippen LogP contribution in [0.15, 0.2) is 24.7 Å². The van der Waals surface area contributed by atoms with E-state index in [1.807, 2.05) is 10.6 Å². The highest BCUT2D eigenvalue weighted by Crippen LogP contribution is 2.14. The Bertz CT molecular complexity index is 638. The lowest BCUT2D eigenvalue weighted by Gasteiger charge is -2.26. The molecule has 7 heteroatoms. The second-order valence-electron chi connectivity index (χ2n) is 5.02. The quantitative estimate of drug-likeness (QED) is 0.912. The van der Waals surface area contributed by atoms with Crippen LogP contribution in [0.3, 0.4) is 0 Å². The number of rotatable bonds is 4. The van der Waals surface area contributed by atoms with E-state index >= 15 is 0 Å². The van der Waals surface area contributed by atoms with Crippen molar-refractivity contribution in [3.05, 3.63) is 36.2 Å². The van der Waals surface area contributed by atoms with Crippen molar-refractivity contribution in [2.75, 3.05) is 18.4 Å². The molecule has 0 aliphatic carbocycles. The van der Waals surface area contributed by atoms with E-state index in [1.54, 1.807) is 23.5 Å². The maximum atomic E-state index is 12.5. The summed E-state index contributed by atoms with van der Waals surface area (Å²) >= 11 is 0. The highest BCUT2D eigenvalue weighted by Gasteiger charge is 2.23. The van der Waals surface area contributed by atoms with Crippen LogP contribution in [0.4, 0.5) is 5.69 Å². The lowest BCUT2D eigenvalue weighted by Crippen LogP contribution is -2.38. The Morgan fingerprint density at radius 3 is 3.19 bits per heavy atom. The van der Waals surface area contributed by atoms with Crippen LogP contribution in [0.5, 0.6) is 0 Å². The molecule has 2 aromatic heterocycles. The number of carbonyl (C=O) groups excluding carboxylic acids is 1. The summed E-state index contributed by atoms with van der Waals surface area (Å²) < 4.78 is 1.97. The monoisotopic (exact) mass is 286 g/mol. The van der Waals surface area contributed by atoms with E-state index in [-0.39, 0.29) is 5.91 Å². The first kappa shape index (κ1) is 13.5. The molecule has 2 aromatic rings. The molecule has 3 rings (SSSR count). The van der Waals surface area contributed by atoms with Gasteiger partial charge in [0, 0.05) is 31.5 Å². The fourth-order valence-electron chi connectivity index (χ4n) is 2.33. The number of fused-ring (bicyclic) bond motifs is 1. The minimum atomic E-state index is -0.0654. The first-order chi connectivity index (χ1) is 10.3. The Morgan fingerprint density at radius 1 is 1.43 bits per heavy atom. The predicted octanol–water partition coefficient (Wildman–Crippen LogP) is 1.15. The van der Waals surface area contributed by atoms with Gasteiger partial charge in [0.25, 0.3) is 5.91 Å². The van der Waals surface area contributed by atoms with Gasteiger partial charge in [-0.3, -0.25) is 9.78 Å². The summed E-state index contributed by atoms with van der Waals surface area (Å²) in [7, 11) is 0. The van der Waals surface area contributed by atoms with E-state index in [1.165, 1.54) is 0 Å². The normalized spacial score (nSPS) is 13.9. The number of nitrogens with zero attached hydrogens (tertiary/aromatic N) is 5. The zero-order chi connectivity index (χ0) is 14.7. The highest BCUT2D eigenvalue weighted by molar-refractivity contribution is 5.93. The van der Waals surface area contributed by atoms with Crippen molar-refractivity contribution in [1.29, 1.82) is 0 Å². The lowest BCUT2D eigenvalue weighted by molar-refractivity contribution is 0.0701. The second kappa shape index (κ2) is 5.90. The molecule has 0 aromatic carbocycles. The van der Waals surface area contributed by atoms with E-state index in [9.17, 15) is 4.79 Å². The molecule has 0 bridgehead atoms. The van der Waals surface area contributed by atoms with Gasteiger partial charge in [0.05, 0.1) is 6.54 Å². The predicted molar refractivity (Wildman–Crippen MR) is 77.8 cm³/mol. The van der Waals surface area contributed by atoms with Crippen LogP contribution in [0, 0.1) is 0 Å². The maximum Gasteiger partial charge on any atom is 0.272 e. The van der Waals surface area contributed by atoms with Crippen LogP contribution in [0.25, 0.3) is 0 Å². The molecule has 110 valence electrons. The molecule has 1 aliphatic heterocycles. The van der Waals surface area contributed by atoms with Gasteiger partial charge >= 0.3 is 0 Å². The van der Waals surface area contributed by atoms with E-state index in [4.69, 9.17) is 0 Å². The minimum absolute atomic E-state index is 0.0654. The number of amides is 1. The molecule has 0 spiro atoms. The van der Waals surface area contributed by atoms with Crippen molar-refractivity contribution in [3.8, 4) is 0 Å². The van der Waals surface area contributed by atoms with Crippen LogP contribution in [0.1, 0.15) is 29.7 Å². The lowest BCUT2D eigenvalue weighted by atomic mass is 10.2. The van der Waals surface area contributed by atoms with E-state index < -0.39 is 0 Å². The first-order valence-electron chi connectivity index (χ1n) is 7.14. The fraction of sp³-hybridized carbons (Fsp3) is 0.429. The van der Waals surface area contributed by atoms with Crippen molar-refractivity contribution < 1.29 is 4.79 Å². The number of hydrogen-bond acceptors (Lipinski definition) is 5. The van der Waals surface area contributed by atoms with Crippen molar-refractivity contribution in [1.82, 2.24) is 24.6 Å². The summed E-state index contributed by atoms with van der Waals surface area (Å²) in [6, 6.07) is 3.68. The van der Waals surface area contributed by atoms with Gasteiger partial charge in [0.2, 0.25) is 0 Å². The molecule has 3 heterocycles. The number of pyridine rings is 1. The van der Waals surface area contributed by atoms with Crippen LogP contribution >= 0.6 is 0 Å². The fourth-order valence-corrected chi connectivity index (χ4v) is 2.33. The molecule has 1 N–H and O–H groups in total. The molecule has 0 radical (unpaired) electrons. The van der Waals surface area contributed by atoms with Crippen molar-refractivity contribution >= 4 is 11.6 Å². The SMILES string of the molecule is CCCNc1ccnc(C(=O)N2CCn3cnnc3C2)c1. The topological polar surface area (TPSA) is 75.9 Å². The third kappa shape index (κ3) is 2.86. The minimum Gasteiger partial charge on any atom is -0.385 e. The Balaban J connectivity index is 1.73. The van der Waals surface area contributed by atoms with Gasteiger partial charge in [-0.05, 0) is 18.6 Å². The molecule has 21 heavy (non-hydrogen) atoms. The number of anilines is 1. The Kier molecular flexibility index (Phi) is 3.81. The van der Waals surface area contributed by atoms with Crippen LogP contribution in [0.2, 0.25) is 0 Å². The van der Waals surface area contributed by atoms with Gasteiger partial charge in [0.15, 0.2) is 5.82 Å².